The van der Waals surface area contributed by atoms with Crippen molar-refractivity contribution in [3.05, 3.63) is 36.2 Å². The third-order valence-electron chi connectivity index (χ3n) is 3.19. The van der Waals surface area contributed by atoms with Crippen molar-refractivity contribution in [2.45, 2.75) is 6.54 Å². The number of hydrogen-bond acceptors (Lipinski definition) is 4. The average molecular weight is 276 g/mol. The van der Waals surface area contributed by atoms with Gasteiger partial charge in [0.05, 0.1) is 27.9 Å². The molecule has 0 aliphatic rings. The molecular formula is C15H20N2O3. The van der Waals surface area contributed by atoms with Gasteiger partial charge in [-0.05, 0) is 12.1 Å². The van der Waals surface area contributed by atoms with E-state index < -0.39 is 0 Å². The van der Waals surface area contributed by atoms with E-state index in [0.29, 0.717) is 17.2 Å². The first-order chi connectivity index (χ1) is 9.69. The van der Waals surface area contributed by atoms with Crippen molar-refractivity contribution in [1.82, 2.24) is 4.57 Å². The Morgan fingerprint density at radius 3 is 2.15 bits per heavy atom. The molecule has 20 heavy (non-hydrogen) atoms. The molecule has 0 fully saturated rings. The summed E-state index contributed by atoms with van der Waals surface area (Å²) in [5.41, 5.74) is 2.11. The minimum Gasteiger partial charge on any atom is -0.493 e. The molecule has 0 aliphatic heterocycles. The summed E-state index contributed by atoms with van der Waals surface area (Å²) in [5, 5.41) is 3.35. The number of aromatic nitrogens is 1. The molecule has 0 atom stereocenters. The summed E-state index contributed by atoms with van der Waals surface area (Å²) in [6.45, 7) is 0.724. The molecule has 5 heteroatoms. The molecule has 2 rings (SSSR count). The van der Waals surface area contributed by atoms with E-state index in [4.69, 9.17) is 14.2 Å². The largest absolute Gasteiger partial charge is 0.493 e. The first-order valence-corrected chi connectivity index (χ1v) is 6.33. The van der Waals surface area contributed by atoms with Crippen LogP contribution in [0.3, 0.4) is 0 Å². The number of nitrogens with zero attached hydrogens (tertiary/aromatic N) is 1. The van der Waals surface area contributed by atoms with Crippen molar-refractivity contribution in [3.63, 3.8) is 0 Å². The molecule has 1 N–H and O–H groups in total. The van der Waals surface area contributed by atoms with Gasteiger partial charge in [-0.3, -0.25) is 0 Å². The van der Waals surface area contributed by atoms with Crippen LogP contribution in [-0.2, 0) is 13.6 Å². The van der Waals surface area contributed by atoms with E-state index in [1.807, 2.05) is 31.4 Å². The monoisotopic (exact) mass is 276 g/mol. The molecule has 1 heterocycles. The van der Waals surface area contributed by atoms with Crippen LogP contribution in [0.25, 0.3) is 0 Å². The van der Waals surface area contributed by atoms with Crippen molar-refractivity contribution >= 4 is 5.69 Å². The number of nitrogens with one attached hydrogen (secondary N) is 1. The lowest BCUT2D eigenvalue weighted by Crippen LogP contribution is -2.05. The van der Waals surface area contributed by atoms with E-state index in [0.717, 1.165) is 12.2 Å². The number of hydrogen-bond donors (Lipinski definition) is 1. The number of rotatable bonds is 6. The molecule has 0 saturated carbocycles. The quantitative estimate of drug-likeness (QED) is 0.881. The van der Waals surface area contributed by atoms with E-state index in [2.05, 4.69) is 16.0 Å². The van der Waals surface area contributed by atoms with Crippen molar-refractivity contribution in [2.75, 3.05) is 26.6 Å². The second-order valence-electron chi connectivity index (χ2n) is 4.38. The van der Waals surface area contributed by atoms with Crippen LogP contribution in [0.4, 0.5) is 5.69 Å². The van der Waals surface area contributed by atoms with Gasteiger partial charge in [0.25, 0.3) is 0 Å². The lowest BCUT2D eigenvalue weighted by molar-refractivity contribution is 0.324. The van der Waals surface area contributed by atoms with Crippen LogP contribution in [0.5, 0.6) is 17.2 Å². The lowest BCUT2D eigenvalue weighted by Gasteiger charge is -2.15. The zero-order chi connectivity index (χ0) is 14.5. The first kappa shape index (κ1) is 14.1. The highest BCUT2D eigenvalue weighted by Crippen LogP contribution is 2.39. The smallest absolute Gasteiger partial charge is 0.203 e. The van der Waals surface area contributed by atoms with Gasteiger partial charge in [0, 0.05) is 36.8 Å². The van der Waals surface area contributed by atoms with Gasteiger partial charge in [-0.15, -0.1) is 0 Å². The van der Waals surface area contributed by atoms with Gasteiger partial charge >= 0.3 is 0 Å². The Balaban J connectivity index is 2.21. The van der Waals surface area contributed by atoms with Gasteiger partial charge in [0.1, 0.15) is 0 Å². The third-order valence-corrected chi connectivity index (χ3v) is 3.19. The number of benzene rings is 1. The summed E-state index contributed by atoms with van der Waals surface area (Å²) < 4.78 is 18.0. The highest BCUT2D eigenvalue weighted by Gasteiger charge is 2.13. The van der Waals surface area contributed by atoms with Crippen LogP contribution in [-0.4, -0.2) is 25.9 Å². The fraction of sp³-hybridized carbons (Fsp3) is 0.333. The Morgan fingerprint density at radius 2 is 1.70 bits per heavy atom. The Kier molecular flexibility index (Phi) is 4.40. The maximum atomic E-state index is 5.33. The molecule has 0 radical (unpaired) electrons. The van der Waals surface area contributed by atoms with Crippen molar-refractivity contribution in [3.8, 4) is 17.2 Å². The fourth-order valence-electron chi connectivity index (χ4n) is 2.06. The van der Waals surface area contributed by atoms with E-state index in [1.54, 1.807) is 21.3 Å². The number of ether oxygens (including phenoxy) is 3. The van der Waals surface area contributed by atoms with Gasteiger partial charge in [-0.1, -0.05) is 0 Å². The van der Waals surface area contributed by atoms with Crippen LogP contribution >= 0.6 is 0 Å². The van der Waals surface area contributed by atoms with Gasteiger partial charge in [0.2, 0.25) is 5.75 Å². The zero-order valence-electron chi connectivity index (χ0n) is 12.3. The van der Waals surface area contributed by atoms with Crippen LogP contribution < -0.4 is 19.5 Å². The molecular weight excluding hydrogens is 256 g/mol. The molecule has 108 valence electrons. The minimum absolute atomic E-state index is 0.597. The van der Waals surface area contributed by atoms with E-state index in [1.165, 1.54) is 5.69 Å². The Hall–Kier alpha value is -2.30. The second-order valence-corrected chi connectivity index (χ2v) is 4.38. The summed E-state index contributed by atoms with van der Waals surface area (Å²) >= 11 is 0. The van der Waals surface area contributed by atoms with Crippen molar-refractivity contribution in [1.29, 1.82) is 0 Å². The molecule has 1 aromatic heterocycles. The first-order valence-electron chi connectivity index (χ1n) is 6.33. The summed E-state index contributed by atoms with van der Waals surface area (Å²) in [4.78, 5) is 0. The summed E-state index contributed by atoms with van der Waals surface area (Å²) in [5.74, 6) is 1.88. The number of aryl methyl sites for hydroxylation is 1. The van der Waals surface area contributed by atoms with E-state index in [9.17, 15) is 0 Å². The molecule has 0 saturated heterocycles. The van der Waals surface area contributed by atoms with Crippen LogP contribution in [0.15, 0.2) is 30.5 Å². The van der Waals surface area contributed by atoms with Gasteiger partial charge < -0.3 is 24.1 Å². The zero-order valence-corrected chi connectivity index (χ0v) is 12.3. The molecule has 0 unspecified atom stereocenters. The SMILES string of the molecule is COc1cc(NCc2cccn2C)cc(OC)c1OC. The summed E-state index contributed by atoms with van der Waals surface area (Å²) in [7, 11) is 6.83. The molecule has 2 aromatic rings. The average Bonchev–Trinajstić information content (AvgIpc) is 2.89. The Morgan fingerprint density at radius 1 is 1.05 bits per heavy atom. The fourth-order valence-corrected chi connectivity index (χ4v) is 2.06. The topological polar surface area (TPSA) is 44.7 Å². The maximum absolute atomic E-state index is 5.33. The normalized spacial score (nSPS) is 10.2. The summed E-state index contributed by atoms with van der Waals surface area (Å²) in [6.07, 6.45) is 2.02. The van der Waals surface area contributed by atoms with Gasteiger partial charge in [-0.25, -0.2) is 0 Å². The molecule has 0 aliphatic carbocycles. The highest BCUT2D eigenvalue weighted by atomic mass is 16.5. The highest BCUT2D eigenvalue weighted by molar-refractivity contribution is 5.62. The standard InChI is InChI=1S/C15H20N2O3/c1-17-7-5-6-12(17)10-16-11-8-13(18-2)15(20-4)14(9-11)19-3/h5-9,16H,10H2,1-4H3. The maximum Gasteiger partial charge on any atom is 0.203 e. The van der Waals surface area contributed by atoms with Gasteiger partial charge in [-0.2, -0.15) is 0 Å². The predicted octanol–water partition coefficient (Wildman–Crippen LogP) is 2.66. The molecule has 0 bridgehead atoms. The van der Waals surface area contributed by atoms with Crippen LogP contribution in [0.1, 0.15) is 5.69 Å². The second kappa shape index (κ2) is 6.23. The van der Waals surface area contributed by atoms with Crippen LogP contribution in [0.2, 0.25) is 0 Å². The van der Waals surface area contributed by atoms with Gasteiger partial charge in [0.15, 0.2) is 11.5 Å². The minimum atomic E-state index is 0.597. The van der Waals surface area contributed by atoms with Crippen molar-refractivity contribution < 1.29 is 14.2 Å². The lowest BCUT2D eigenvalue weighted by atomic mass is 10.2. The Bertz CT molecular complexity index is 553. The van der Waals surface area contributed by atoms with E-state index >= 15 is 0 Å². The molecule has 0 amide bonds. The third kappa shape index (κ3) is 2.82. The number of methoxy groups -OCH3 is 3. The van der Waals surface area contributed by atoms with Crippen LogP contribution in [0, 0.1) is 0 Å². The number of anilines is 1. The molecule has 1 aromatic carbocycles. The van der Waals surface area contributed by atoms with Crippen molar-refractivity contribution in [2.24, 2.45) is 7.05 Å². The Labute approximate surface area is 119 Å². The molecule has 5 nitrogen and oxygen atoms in total. The molecule has 0 spiro atoms. The summed E-state index contributed by atoms with van der Waals surface area (Å²) in [6, 6.07) is 7.88. The predicted molar refractivity (Wildman–Crippen MR) is 78.8 cm³/mol. The van der Waals surface area contributed by atoms with E-state index in [-0.39, 0.29) is 0 Å².